The lowest BCUT2D eigenvalue weighted by molar-refractivity contribution is -0.105. The lowest BCUT2D eigenvalue weighted by Gasteiger charge is -1.93. The second-order valence-electron chi connectivity index (χ2n) is 1.90. The Morgan fingerprint density at radius 2 is 2.46 bits per heavy atom. The van der Waals surface area contributed by atoms with Crippen molar-refractivity contribution in [3.05, 3.63) is 5.89 Å². The number of hydrogen-bond acceptors (Lipinski definition) is 6. The van der Waals surface area contributed by atoms with Crippen LogP contribution in [0.2, 0.25) is 0 Å². The lowest BCUT2D eigenvalue weighted by Crippen LogP contribution is -2.04. The quantitative estimate of drug-likeness (QED) is 0.516. The molecule has 1 amide bonds. The van der Waals surface area contributed by atoms with Crippen molar-refractivity contribution in [3.8, 4) is 0 Å². The number of ether oxygens (including phenoxy) is 1. The molecule has 7 heteroatoms. The van der Waals surface area contributed by atoms with Crippen LogP contribution < -0.4 is 5.32 Å². The molecule has 0 aliphatic heterocycles. The Labute approximate surface area is 73.1 Å². The average Bonchev–Trinajstić information content (AvgIpc) is 2.54. The van der Waals surface area contributed by atoms with Gasteiger partial charge < -0.3 is 9.15 Å². The van der Waals surface area contributed by atoms with Crippen molar-refractivity contribution in [2.45, 2.75) is 6.92 Å². The van der Waals surface area contributed by atoms with Gasteiger partial charge in [-0.25, -0.2) is 4.79 Å². The lowest BCUT2D eigenvalue weighted by atomic mass is 10.7. The minimum Gasteiger partial charge on any atom is -0.459 e. The van der Waals surface area contributed by atoms with Crippen LogP contribution in [0.1, 0.15) is 17.6 Å². The maximum Gasteiger partial charge on any atom is 0.396 e. The topological polar surface area (TPSA) is 94.3 Å². The van der Waals surface area contributed by atoms with Gasteiger partial charge in [0.05, 0.1) is 6.61 Å². The van der Waals surface area contributed by atoms with Gasteiger partial charge in [-0.1, -0.05) is 10.2 Å². The van der Waals surface area contributed by atoms with Gasteiger partial charge in [0, 0.05) is 0 Å². The van der Waals surface area contributed by atoms with Gasteiger partial charge in [0.2, 0.25) is 6.41 Å². The van der Waals surface area contributed by atoms with Crippen LogP contribution in [0.5, 0.6) is 0 Å². The Balaban J connectivity index is 2.67. The maximum absolute atomic E-state index is 10.9. The zero-order valence-corrected chi connectivity index (χ0v) is 6.81. The van der Waals surface area contributed by atoms with Crippen molar-refractivity contribution in [3.63, 3.8) is 0 Å². The number of nitrogens with one attached hydrogen (secondary N) is 1. The maximum atomic E-state index is 10.9. The third-order valence-corrected chi connectivity index (χ3v) is 1.06. The number of carbonyl (C=O) groups excluding carboxylic acids is 2. The van der Waals surface area contributed by atoms with Gasteiger partial charge in [0.1, 0.15) is 0 Å². The molecule has 0 unspecified atom stereocenters. The first-order valence-corrected chi connectivity index (χ1v) is 3.48. The molecule has 0 aliphatic rings. The molecule has 0 saturated heterocycles. The fourth-order valence-corrected chi connectivity index (χ4v) is 0.607. The molecule has 0 aliphatic carbocycles. The van der Waals surface area contributed by atoms with E-state index in [9.17, 15) is 9.59 Å². The summed E-state index contributed by atoms with van der Waals surface area (Å²) >= 11 is 0. The van der Waals surface area contributed by atoms with E-state index in [4.69, 9.17) is 4.42 Å². The number of hydrogen-bond donors (Lipinski definition) is 1. The van der Waals surface area contributed by atoms with Gasteiger partial charge in [0.25, 0.3) is 0 Å². The number of anilines is 1. The van der Waals surface area contributed by atoms with Crippen molar-refractivity contribution in [1.29, 1.82) is 0 Å². The first-order chi connectivity index (χ1) is 6.27. The van der Waals surface area contributed by atoms with Crippen LogP contribution in [0.4, 0.5) is 6.01 Å². The van der Waals surface area contributed by atoms with Crippen LogP contribution in [0.15, 0.2) is 4.42 Å². The highest BCUT2D eigenvalue weighted by molar-refractivity contribution is 5.84. The van der Waals surface area contributed by atoms with Crippen molar-refractivity contribution < 1.29 is 18.7 Å². The summed E-state index contributed by atoms with van der Waals surface area (Å²) in [6.07, 6.45) is 0.364. The minimum atomic E-state index is -0.714. The molecule has 0 fully saturated rings. The van der Waals surface area contributed by atoms with Gasteiger partial charge in [-0.05, 0) is 6.92 Å². The second kappa shape index (κ2) is 4.19. The van der Waals surface area contributed by atoms with Crippen molar-refractivity contribution in [1.82, 2.24) is 10.2 Å². The Bertz CT molecular complexity index is 309. The van der Waals surface area contributed by atoms with E-state index < -0.39 is 5.97 Å². The van der Waals surface area contributed by atoms with E-state index in [1.165, 1.54) is 0 Å². The van der Waals surface area contributed by atoms with Crippen molar-refractivity contribution in [2.24, 2.45) is 0 Å². The molecule has 0 spiro atoms. The van der Waals surface area contributed by atoms with E-state index in [1.807, 2.05) is 0 Å². The van der Waals surface area contributed by atoms with Gasteiger partial charge >= 0.3 is 17.9 Å². The fourth-order valence-electron chi connectivity index (χ4n) is 0.607. The highest BCUT2D eigenvalue weighted by Crippen LogP contribution is 2.04. The molecule has 1 rings (SSSR count). The normalized spacial score (nSPS) is 9.31. The summed E-state index contributed by atoms with van der Waals surface area (Å²) in [6.45, 7) is 1.87. The number of carbonyl (C=O) groups is 2. The molecule has 13 heavy (non-hydrogen) atoms. The number of rotatable bonds is 4. The van der Waals surface area contributed by atoms with Crippen LogP contribution in [0.25, 0.3) is 0 Å². The Kier molecular flexibility index (Phi) is 2.96. The zero-order valence-electron chi connectivity index (χ0n) is 6.81. The number of amides is 1. The molecule has 1 N–H and O–H groups in total. The Hall–Kier alpha value is -1.92. The third-order valence-electron chi connectivity index (χ3n) is 1.06. The molecule has 70 valence electrons. The van der Waals surface area contributed by atoms with Crippen LogP contribution in [-0.2, 0) is 9.53 Å². The fraction of sp³-hybridized carbons (Fsp3) is 0.333. The highest BCUT2D eigenvalue weighted by atomic mass is 16.5. The Morgan fingerprint density at radius 1 is 1.69 bits per heavy atom. The molecule has 7 nitrogen and oxygen atoms in total. The van der Waals surface area contributed by atoms with E-state index >= 15 is 0 Å². The molecule has 1 aromatic rings. The number of nitrogens with zero attached hydrogens (tertiary/aromatic N) is 2. The molecule has 0 saturated carbocycles. The van der Waals surface area contributed by atoms with Crippen molar-refractivity contribution >= 4 is 18.4 Å². The summed E-state index contributed by atoms with van der Waals surface area (Å²) in [6, 6.07) is -0.141. The summed E-state index contributed by atoms with van der Waals surface area (Å²) < 4.78 is 9.27. The van der Waals surface area contributed by atoms with Gasteiger partial charge in [-0.3, -0.25) is 10.1 Å². The smallest absolute Gasteiger partial charge is 0.396 e. The highest BCUT2D eigenvalue weighted by Gasteiger charge is 2.14. The average molecular weight is 185 g/mol. The summed E-state index contributed by atoms with van der Waals surface area (Å²) in [5, 5.41) is 8.79. The van der Waals surface area contributed by atoms with E-state index in [-0.39, 0.29) is 18.5 Å². The molecular formula is C6H7N3O4. The molecule has 0 aromatic carbocycles. The first kappa shape index (κ1) is 9.17. The predicted octanol–water partition coefficient (Wildman–Crippen LogP) is -0.185. The zero-order chi connectivity index (χ0) is 9.68. The van der Waals surface area contributed by atoms with Gasteiger partial charge in [0.15, 0.2) is 0 Å². The number of aromatic nitrogens is 2. The minimum absolute atomic E-state index is 0.141. The van der Waals surface area contributed by atoms with Gasteiger partial charge in [-0.2, -0.15) is 0 Å². The van der Waals surface area contributed by atoms with Crippen LogP contribution >= 0.6 is 0 Å². The molecule has 0 bridgehead atoms. The van der Waals surface area contributed by atoms with E-state index in [0.717, 1.165) is 0 Å². The standard InChI is InChI=1S/C6H7N3O4/c1-2-12-5(11)4-8-9-6(13-4)7-3-10/h3H,2H2,1H3,(H,7,9,10). The van der Waals surface area contributed by atoms with Crippen LogP contribution in [0, 0.1) is 0 Å². The van der Waals surface area contributed by atoms with Crippen molar-refractivity contribution in [2.75, 3.05) is 11.9 Å². The van der Waals surface area contributed by atoms with E-state index in [2.05, 4.69) is 20.3 Å². The van der Waals surface area contributed by atoms with Gasteiger partial charge in [-0.15, -0.1) is 0 Å². The van der Waals surface area contributed by atoms with Crippen LogP contribution in [-0.4, -0.2) is 29.2 Å². The molecule has 1 aromatic heterocycles. The van der Waals surface area contributed by atoms with Crippen LogP contribution in [0.3, 0.4) is 0 Å². The van der Waals surface area contributed by atoms with E-state index in [1.54, 1.807) is 6.92 Å². The summed E-state index contributed by atoms with van der Waals surface area (Å²) in [4.78, 5) is 20.9. The molecule has 0 atom stereocenters. The Morgan fingerprint density at radius 3 is 3.08 bits per heavy atom. The van der Waals surface area contributed by atoms with E-state index in [0.29, 0.717) is 6.41 Å². The SMILES string of the molecule is CCOC(=O)c1nnc(NC=O)o1. The summed E-state index contributed by atoms with van der Waals surface area (Å²) in [7, 11) is 0. The monoisotopic (exact) mass is 185 g/mol. The number of esters is 1. The predicted molar refractivity (Wildman–Crippen MR) is 39.9 cm³/mol. The molecular weight excluding hydrogens is 178 g/mol. The largest absolute Gasteiger partial charge is 0.459 e. The molecule has 1 heterocycles. The second-order valence-corrected chi connectivity index (χ2v) is 1.90. The summed E-state index contributed by atoms with van der Waals surface area (Å²) in [5.74, 6) is -1.000. The first-order valence-electron chi connectivity index (χ1n) is 3.48. The molecule has 0 radical (unpaired) electrons. The summed E-state index contributed by atoms with van der Waals surface area (Å²) in [5.41, 5.74) is 0. The third kappa shape index (κ3) is 2.26.